The molecule has 0 aliphatic heterocycles. The molecular formula is C21H22ClN3O6S. The number of aromatic nitrogens is 2. The van der Waals surface area contributed by atoms with E-state index in [9.17, 15) is 14.4 Å². The van der Waals surface area contributed by atoms with E-state index in [0.717, 1.165) is 11.3 Å². The van der Waals surface area contributed by atoms with Gasteiger partial charge >= 0.3 is 11.9 Å². The number of thiophene rings is 1. The van der Waals surface area contributed by atoms with E-state index in [4.69, 9.17) is 25.8 Å². The lowest BCUT2D eigenvalue weighted by molar-refractivity contribution is -0.115. The Balaban J connectivity index is 1.82. The number of hydrogen-bond acceptors (Lipinski definition) is 8. The first-order valence-electron chi connectivity index (χ1n) is 9.73. The van der Waals surface area contributed by atoms with Crippen molar-refractivity contribution in [3.63, 3.8) is 0 Å². The number of nitrogens with one attached hydrogen (secondary N) is 1. The van der Waals surface area contributed by atoms with Crippen molar-refractivity contribution in [1.82, 2.24) is 9.38 Å². The third-order valence-corrected chi connectivity index (χ3v) is 5.80. The Labute approximate surface area is 193 Å². The number of methoxy groups -OCH3 is 1. The first-order chi connectivity index (χ1) is 15.3. The van der Waals surface area contributed by atoms with Crippen molar-refractivity contribution in [3.8, 4) is 0 Å². The molecule has 170 valence electrons. The number of hydrogen-bond donors (Lipinski definition) is 1. The molecule has 0 radical (unpaired) electrons. The van der Waals surface area contributed by atoms with Gasteiger partial charge in [-0.1, -0.05) is 11.6 Å². The normalized spacial score (nSPS) is 10.9. The fourth-order valence-corrected chi connectivity index (χ4v) is 4.24. The van der Waals surface area contributed by atoms with Crippen LogP contribution in [0, 0.1) is 6.92 Å². The monoisotopic (exact) mass is 479 g/mol. The molecule has 3 aromatic rings. The van der Waals surface area contributed by atoms with Gasteiger partial charge in [0.1, 0.15) is 22.1 Å². The van der Waals surface area contributed by atoms with Gasteiger partial charge in [-0.3, -0.25) is 4.79 Å². The first kappa shape index (κ1) is 23.7. The zero-order valence-electron chi connectivity index (χ0n) is 17.8. The summed E-state index contributed by atoms with van der Waals surface area (Å²) in [7, 11) is 1.49. The minimum Gasteiger partial charge on any atom is -0.462 e. The van der Waals surface area contributed by atoms with Crippen LogP contribution in [0.25, 0.3) is 5.65 Å². The predicted octanol–water partition coefficient (Wildman–Crippen LogP) is 3.52. The summed E-state index contributed by atoms with van der Waals surface area (Å²) in [6, 6.07) is 3.45. The van der Waals surface area contributed by atoms with Crippen molar-refractivity contribution >= 4 is 51.4 Å². The summed E-state index contributed by atoms with van der Waals surface area (Å²) in [5.74, 6) is -1.63. The highest BCUT2D eigenvalue weighted by atomic mass is 35.5. The van der Waals surface area contributed by atoms with Crippen LogP contribution in [-0.4, -0.2) is 54.2 Å². The van der Waals surface area contributed by atoms with Crippen molar-refractivity contribution in [2.75, 3.05) is 32.2 Å². The zero-order chi connectivity index (χ0) is 23.3. The Morgan fingerprint density at radius 1 is 1.16 bits per heavy atom. The molecule has 9 nitrogen and oxygen atoms in total. The summed E-state index contributed by atoms with van der Waals surface area (Å²) in [5.41, 5.74) is 1.69. The molecule has 11 heteroatoms. The highest BCUT2D eigenvalue weighted by Crippen LogP contribution is 2.34. The van der Waals surface area contributed by atoms with Gasteiger partial charge in [-0.25, -0.2) is 14.6 Å². The van der Waals surface area contributed by atoms with E-state index in [1.54, 1.807) is 42.8 Å². The lowest BCUT2D eigenvalue weighted by atomic mass is 10.1. The van der Waals surface area contributed by atoms with Crippen LogP contribution < -0.4 is 5.32 Å². The van der Waals surface area contributed by atoms with Crippen molar-refractivity contribution < 1.29 is 28.6 Å². The van der Waals surface area contributed by atoms with Gasteiger partial charge in [0.25, 0.3) is 0 Å². The molecule has 1 amide bonds. The Hall–Kier alpha value is -2.95. The standard InChI is InChI=1S/C21H22ClN3O6S/c1-4-30-20(27)17-12(2)18(21(28)31-8-7-29-3)32-19(17)24-16(26)9-14-11-25-10-13(22)5-6-15(25)23-14/h5-6,10-11H,4,7-9H2,1-3H3,(H,24,26). The quantitative estimate of drug-likeness (QED) is 0.369. The Morgan fingerprint density at radius 2 is 1.94 bits per heavy atom. The Kier molecular flexibility index (Phi) is 7.84. The van der Waals surface area contributed by atoms with Crippen molar-refractivity contribution in [1.29, 1.82) is 0 Å². The van der Waals surface area contributed by atoms with Crippen LogP contribution >= 0.6 is 22.9 Å². The van der Waals surface area contributed by atoms with Gasteiger partial charge in [0.05, 0.1) is 35.9 Å². The van der Waals surface area contributed by atoms with Gasteiger partial charge < -0.3 is 23.9 Å². The first-order valence-corrected chi connectivity index (χ1v) is 10.9. The summed E-state index contributed by atoms with van der Waals surface area (Å²) < 4.78 is 16.9. The van der Waals surface area contributed by atoms with E-state index in [1.807, 2.05) is 0 Å². The third-order valence-electron chi connectivity index (χ3n) is 4.39. The number of halogens is 1. The Morgan fingerprint density at radius 3 is 2.66 bits per heavy atom. The van der Waals surface area contributed by atoms with Crippen LogP contribution in [0.5, 0.6) is 0 Å². The molecule has 0 saturated heterocycles. The predicted molar refractivity (Wildman–Crippen MR) is 120 cm³/mol. The number of fused-ring (bicyclic) bond motifs is 1. The summed E-state index contributed by atoms with van der Waals surface area (Å²) >= 11 is 6.94. The summed E-state index contributed by atoms with van der Waals surface area (Å²) in [6.45, 7) is 3.75. The number of anilines is 1. The third kappa shape index (κ3) is 5.45. The number of nitrogens with zero attached hydrogens (tertiary/aromatic N) is 2. The molecule has 0 spiro atoms. The SMILES string of the molecule is CCOC(=O)c1c(NC(=O)Cc2cn3cc(Cl)ccc3n2)sc(C(=O)OCCOC)c1C. The number of esters is 2. The van der Waals surface area contributed by atoms with E-state index in [2.05, 4.69) is 10.3 Å². The molecule has 3 heterocycles. The second-order valence-corrected chi connectivity index (χ2v) is 8.14. The molecule has 0 bridgehead atoms. The largest absolute Gasteiger partial charge is 0.462 e. The average Bonchev–Trinajstić information content (AvgIpc) is 3.27. The summed E-state index contributed by atoms with van der Waals surface area (Å²) in [6.07, 6.45) is 3.35. The average molecular weight is 480 g/mol. The second-order valence-electron chi connectivity index (χ2n) is 6.68. The van der Waals surface area contributed by atoms with Gasteiger partial charge in [0, 0.05) is 19.5 Å². The molecule has 0 aromatic carbocycles. The van der Waals surface area contributed by atoms with Gasteiger partial charge in [0.2, 0.25) is 5.91 Å². The summed E-state index contributed by atoms with van der Waals surface area (Å²) in [5, 5.41) is 3.47. The number of imidazole rings is 1. The van der Waals surface area contributed by atoms with Crippen molar-refractivity contribution in [3.05, 3.63) is 51.2 Å². The maximum Gasteiger partial charge on any atom is 0.348 e. The molecule has 1 N–H and O–H groups in total. The van der Waals surface area contributed by atoms with E-state index in [0.29, 0.717) is 21.9 Å². The molecule has 0 saturated carbocycles. The van der Waals surface area contributed by atoms with Crippen LogP contribution in [0.4, 0.5) is 5.00 Å². The molecule has 0 fully saturated rings. The number of amides is 1. The topological polar surface area (TPSA) is 108 Å². The van der Waals surface area contributed by atoms with Crippen LogP contribution in [0.3, 0.4) is 0 Å². The molecule has 3 rings (SSSR count). The number of ether oxygens (including phenoxy) is 3. The van der Waals surface area contributed by atoms with Crippen LogP contribution in [0.2, 0.25) is 5.02 Å². The van der Waals surface area contributed by atoms with Crippen molar-refractivity contribution in [2.24, 2.45) is 0 Å². The fraction of sp³-hybridized carbons (Fsp3) is 0.333. The van der Waals surface area contributed by atoms with E-state index < -0.39 is 17.8 Å². The molecule has 3 aromatic heterocycles. The highest BCUT2D eigenvalue weighted by molar-refractivity contribution is 7.18. The Bertz CT molecular complexity index is 1160. The van der Waals surface area contributed by atoms with Gasteiger partial charge in [-0.05, 0) is 31.5 Å². The van der Waals surface area contributed by atoms with E-state index in [1.165, 1.54) is 7.11 Å². The fourth-order valence-electron chi connectivity index (χ4n) is 2.97. The number of pyridine rings is 1. The number of rotatable bonds is 9. The molecular weight excluding hydrogens is 458 g/mol. The van der Waals surface area contributed by atoms with Crippen LogP contribution in [-0.2, 0) is 25.4 Å². The molecule has 0 aliphatic carbocycles. The van der Waals surface area contributed by atoms with Gasteiger partial charge in [0.15, 0.2) is 0 Å². The van der Waals surface area contributed by atoms with E-state index in [-0.39, 0.29) is 41.7 Å². The van der Waals surface area contributed by atoms with Crippen LogP contribution in [0.1, 0.15) is 38.2 Å². The van der Waals surface area contributed by atoms with Gasteiger partial charge in [-0.15, -0.1) is 11.3 Å². The minimum absolute atomic E-state index is 0.0356. The lowest BCUT2D eigenvalue weighted by Gasteiger charge is -2.06. The van der Waals surface area contributed by atoms with Crippen LogP contribution in [0.15, 0.2) is 24.5 Å². The molecule has 0 atom stereocenters. The smallest absolute Gasteiger partial charge is 0.348 e. The second kappa shape index (κ2) is 10.6. The van der Waals surface area contributed by atoms with Crippen molar-refractivity contribution in [2.45, 2.75) is 20.3 Å². The lowest BCUT2D eigenvalue weighted by Crippen LogP contribution is -2.16. The highest BCUT2D eigenvalue weighted by Gasteiger charge is 2.27. The number of carbonyl (C=O) groups excluding carboxylic acids is 3. The summed E-state index contributed by atoms with van der Waals surface area (Å²) in [4.78, 5) is 42.2. The van der Waals surface area contributed by atoms with Gasteiger partial charge in [-0.2, -0.15) is 0 Å². The molecule has 32 heavy (non-hydrogen) atoms. The van der Waals surface area contributed by atoms with E-state index >= 15 is 0 Å². The molecule has 0 unspecified atom stereocenters. The minimum atomic E-state index is -0.630. The zero-order valence-corrected chi connectivity index (χ0v) is 19.3. The number of carbonyl (C=O) groups is 3. The maximum atomic E-state index is 12.7. The maximum absolute atomic E-state index is 12.7. The molecule has 0 aliphatic rings.